The van der Waals surface area contributed by atoms with Crippen LogP contribution >= 0.6 is 35.1 Å². The van der Waals surface area contributed by atoms with Gasteiger partial charge in [0.25, 0.3) is 5.91 Å². The highest BCUT2D eigenvalue weighted by molar-refractivity contribution is 8.03. The second-order valence-electron chi connectivity index (χ2n) is 7.61. The van der Waals surface area contributed by atoms with E-state index >= 15 is 0 Å². The van der Waals surface area contributed by atoms with Gasteiger partial charge in [-0.1, -0.05) is 23.7 Å². The smallest absolute Gasteiger partial charge is 0.327 e. The van der Waals surface area contributed by atoms with Gasteiger partial charge in [0, 0.05) is 9.65 Å². The van der Waals surface area contributed by atoms with E-state index < -0.39 is 22.8 Å². The van der Waals surface area contributed by atoms with Crippen molar-refractivity contribution in [2.24, 2.45) is 0 Å². The van der Waals surface area contributed by atoms with Gasteiger partial charge >= 0.3 is 5.97 Å². The Hall–Kier alpha value is -1.84. The van der Waals surface area contributed by atoms with E-state index in [2.05, 4.69) is 5.32 Å². The first-order valence-corrected chi connectivity index (χ1v) is 11.3. The molecule has 0 saturated carbocycles. The average molecular weight is 454 g/mol. The second kappa shape index (κ2) is 7.14. The lowest BCUT2D eigenvalue weighted by Crippen LogP contribution is -2.70. The van der Waals surface area contributed by atoms with E-state index in [9.17, 15) is 19.5 Å². The molecule has 2 saturated heterocycles. The maximum absolute atomic E-state index is 13.1. The Labute approximate surface area is 181 Å². The topological polar surface area (TPSA) is 90.0 Å². The van der Waals surface area contributed by atoms with Gasteiger partial charge in [-0.15, -0.1) is 23.5 Å². The molecule has 3 aliphatic rings. The monoisotopic (exact) mass is 453 g/mol. The number of carboxylic acid groups (broad SMARTS) is 1. The van der Waals surface area contributed by atoms with Crippen LogP contribution in [0.15, 0.2) is 34.9 Å². The Morgan fingerprint density at radius 2 is 2.00 bits per heavy atom. The number of nitrogens with zero attached hydrogens (tertiary/aromatic N) is 2. The van der Waals surface area contributed by atoms with Gasteiger partial charge in [-0.25, -0.2) is 4.79 Å². The fourth-order valence-electron chi connectivity index (χ4n) is 3.98. The lowest BCUT2D eigenvalue weighted by molar-refractivity contribution is -0.160. The molecule has 1 aromatic rings. The number of carboxylic acids is 1. The van der Waals surface area contributed by atoms with Gasteiger partial charge in [-0.3, -0.25) is 9.59 Å². The third kappa shape index (κ3) is 3.19. The summed E-state index contributed by atoms with van der Waals surface area (Å²) in [7, 11) is 0. The highest BCUT2D eigenvalue weighted by atomic mass is 35.5. The fourth-order valence-corrected chi connectivity index (χ4v) is 6.78. The molecule has 154 valence electrons. The van der Waals surface area contributed by atoms with Gasteiger partial charge in [0.05, 0.1) is 16.6 Å². The van der Waals surface area contributed by atoms with Gasteiger partial charge in [0.15, 0.2) is 0 Å². The summed E-state index contributed by atoms with van der Waals surface area (Å²) in [5.74, 6) is -1.20. The maximum Gasteiger partial charge on any atom is 0.327 e. The first kappa shape index (κ1) is 20.4. The predicted octanol–water partition coefficient (Wildman–Crippen LogP) is 2.71. The van der Waals surface area contributed by atoms with Crippen LogP contribution in [0.1, 0.15) is 20.8 Å². The number of hydrogen-bond acceptors (Lipinski definition) is 6. The number of para-hydroxylation sites is 1. The van der Waals surface area contributed by atoms with Gasteiger partial charge in [-0.2, -0.15) is 0 Å². The number of rotatable bonds is 4. The number of β-lactam (4-membered cyclic amide) rings is 1. The molecule has 10 heteroatoms. The molecule has 2 N–H and O–H groups in total. The van der Waals surface area contributed by atoms with Crippen LogP contribution in [-0.4, -0.2) is 55.9 Å². The maximum atomic E-state index is 13.1. The Kier molecular flexibility index (Phi) is 5.03. The van der Waals surface area contributed by atoms with Crippen LogP contribution in [-0.2, 0) is 14.4 Å². The van der Waals surface area contributed by atoms with E-state index in [4.69, 9.17) is 11.6 Å². The lowest BCUT2D eigenvalue weighted by Gasteiger charge is -2.43. The van der Waals surface area contributed by atoms with Crippen LogP contribution in [0.5, 0.6) is 0 Å². The van der Waals surface area contributed by atoms with Crippen molar-refractivity contribution < 1.29 is 19.5 Å². The zero-order valence-corrected chi connectivity index (χ0v) is 18.4. The number of halogens is 1. The van der Waals surface area contributed by atoms with E-state index in [1.165, 1.54) is 28.4 Å². The molecule has 29 heavy (non-hydrogen) atoms. The summed E-state index contributed by atoms with van der Waals surface area (Å²) < 4.78 is -0.631. The summed E-state index contributed by atoms with van der Waals surface area (Å²) in [4.78, 5) is 41.5. The van der Waals surface area contributed by atoms with Crippen LogP contribution in [0.4, 0.5) is 5.69 Å². The van der Waals surface area contributed by atoms with Crippen molar-refractivity contribution in [3.63, 3.8) is 0 Å². The summed E-state index contributed by atoms with van der Waals surface area (Å²) in [6.07, 6.45) is 0. The number of carbonyl (C=O) groups excluding carboxylic acids is 2. The molecule has 3 atom stereocenters. The number of hydrogen-bond donors (Lipinski definition) is 2. The molecule has 2 amide bonds. The van der Waals surface area contributed by atoms with Gasteiger partial charge in [0.2, 0.25) is 5.91 Å². The van der Waals surface area contributed by atoms with Crippen molar-refractivity contribution in [1.29, 1.82) is 0 Å². The first-order valence-electron chi connectivity index (χ1n) is 9.03. The molecule has 3 unspecified atom stereocenters. The van der Waals surface area contributed by atoms with Crippen molar-refractivity contribution in [2.75, 3.05) is 10.8 Å². The number of aliphatic carboxylic acids is 1. The third-order valence-electron chi connectivity index (χ3n) is 5.33. The molecular formula is C19H20ClN3O4S2. The number of allylic oxidation sites excluding steroid dienone is 1. The van der Waals surface area contributed by atoms with E-state index in [1.54, 1.807) is 19.9 Å². The zero-order chi connectivity index (χ0) is 21.1. The van der Waals surface area contributed by atoms with Crippen molar-refractivity contribution in [3.8, 4) is 0 Å². The molecule has 0 bridgehead atoms. The highest BCUT2D eigenvalue weighted by Gasteiger charge is 2.64. The van der Waals surface area contributed by atoms with Gasteiger partial charge < -0.3 is 20.2 Å². The van der Waals surface area contributed by atoms with Crippen LogP contribution in [0.3, 0.4) is 0 Å². The zero-order valence-electron chi connectivity index (χ0n) is 16.0. The van der Waals surface area contributed by atoms with E-state index in [0.717, 1.165) is 10.6 Å². The molecule has 1 aromatic carbocycles. The quantitative estimate of drug-likeness (QED) is 0.677. The normalized spacial score (nSPS) is 27.7. The molecule has 4 rings (SSSR count). The number of fused-ring (bicyclic) bond motifs is 1. The van der Waals surface area contributed by atoms with Crippen molar-refractivity contribution in [3.05, 3.63) is 39.9 Å². The molecule has 0 radical (unpaired) electrons. The number of carbonyl (C=O) groups is 3. The van der Waals surface area contributed by atoms with Crippen molar-refractivity contribution in [2.45, 2.75) is 43.0 Å². The summed E-state index contributed by atoms with van der Waals surface area (Å²) >= 11 is 9.25. The SMILES string of the molecule is CC1=C(C(=O)NC2C(=O)N3C2SC(C)(C)C3C(=O)O)N(c2ccccc2Cl)CS1. The summed E-state index contributed by atoms with van der Waals surface area (Å²) in [5.41, 5.74) is 1.19. The van der Waals surface area contributed by atoms with E-state index in [1.807, 2.05) is 30.0 Å². The van der Waals surface area contributed by atoms with Crippen LogP contribution in [0.2, 0.25) is 5.02 Å². The van der Waals surface area contributed by atoms with Crippen LogP contribution in [0.25, 0.3) is 0 Å². The number of benzene rings is 1. The molecule has 7 nitrogen and oxygen atoms in total. The second-order valence-corrected chi connectivity index (χ2v) is 10.9. The lowest BCUT2D eigenvalue weighted by atomic mass is 9.96. The summed E-state index contributed by atoms with van der Waals surface area (Å²) in [6.45, 7) is 5.47. The van der Waals surface area contributed by atoms with E-state index in [-0.39, 0.29) is 17.2 Å². The fraction of sp³-hybridized carbons (Fsp3) is 0.421. The molecule has 0 aromatic heterocycles. The average Bonchev–Trinajstić information content (AvgIpc) is 3.15. The first-order chi connectivity index (χ1) is 13.6. The minimum atomic E-state index is -1.03. The van der Waals surface area contributed by atoms with Gasteiger partial charge in [-0.05, 0) is 32.9 Å². The number of amides is 2. The third-order valence-corrected chi connectivity index (χ3v) is 8.24. The minimum absolute atomic E-state index is 0.359. The largest absolute Gasteiger partial charge is 0.480 e. The minimum Gasteiger partial charge on any atom is -0.480 e. The van der Waals surface area contributed by atoms with Crippen molar-refractivity contribution in [1.82, 2.24) is 10.2 Å². The molecule has 3 aliphatic heterocycles. The Bertz CT molecular complexity index is 951. The molecule has 0 spiro atoms. The molecule has 2 fully saturated rings. The Balaban J connectivity index is 1.54. The van der Waals surface area contributed by atoms with E-state index in [0.29, 0.717) is 16.6 Å². The standard InChI is InChI=1S/C19H20ClN3O4S2/c1-9-13(22(8-28-9)11-7-5-4-6-10(11)20)15(24)21-12-16(25)23-14(18(26)27)19(2,3)29-17(12)23/h4-7,12,14,17H,8H2,1-3H3,(H,21,24)(H,26,27). The summed E-state index contributed by atoms with van der Waals surface area (Å²) in [6, 6.07) is 5.64. The highest BCUT2D eigenvalue weighted by Crippen LogP contribution is 2.51. The van der Waals surface area contributed by atoms with Crippen LogP contribution < -0.4 is 10.2 Å². The van der Waals surface area contributed by atoms with Crippen LogP contribution in [0, 0.1) is 0 Å². The number of nitrogens with one attached hydrogen (secondary N) is 1. The summed E-state index contributed by atoms with van der Waals surface area (Å²) in [5, 5.41) is 12.5. The van der Waals surface area contributed by atoms with Crippen molar-refractivity contribution >= 4 is 58.6 Å². The predicted molar refractivity (Wildman–Crippen MR) is 115 cm³/mol. The Morgan fingerprint density at radius 1 is 1.31 bits per heavy atom. The Morgan fingerprint density at radius 3 is 2.66 bits per heavy atom. The molecular weight excluding hydrogens is 434 g/mol. The number of anilines is 1. The van der Waals surface area contributed by atoms with Gasteiger partial charge in [0.1, 0.15) is 23.2 Å². The molecule has 0 aliphatic carbocycles. The number of thioether (sulfide) groups is 2. The molecule has 3 heterocycles.